The third kappa shape index (κ3) is 2.79. The van der Waals surface area contributed by atoms with Crippen molar-refractivity contribution in [2.75, 3.05) is 12.4 Å². The van der Waals surface area contributed by atoms with Crippen molar-refractivity contribution < 1.29 is 4.79 Å². The van der Waals surface area contributed by atoms with E-state index in [-0.39, 0.29) is 5.91 Å². The van der Waals surface area contributed by atoms with E-state index in [0.29, 0.717) is 25.4 Å². The molecule has 0 aliphatic rings. The molecule has 2 rings (SSSR count). The molecule has 0 fully saturated rings. The van der Waals surface area contributed by atoms with Gasteiger partial charge in [-0.2, -0.15) is 0 Å². The molecule has 96 valence electrons. The highest BCUT2D eigenvalue weighted by atomic mass is 35.5. The van der Waals surface area contributed by atoms with Gasteiger partial charge in [0.25, 0.3) is 0 Å². The molecule has 1 amide bonds. The summed E-state index contributed by atoms with van der Waals surface area (Å²) in [4.78, 5) is 19.4. The van der Waals surface area contributed by atoms with E-state index in [1.807, 2.05) is 6.07 Å². The fraction of sp³-hybridized carbons (Fsp3) is 0.417. The monoisotopic (exact) mass is 266 g/mol. The second-order valence-corrected chi connectivity index (χ2v) is 4.34. The summed E-state index contributed by atoms with van der Waals surface area (Å²) in [6.45, 7) is 2.78. The number of hydrogen-bond donors (Lipinski definition) is 1. The Morgan fingerprint density at radius 2 is 2.39 bits per heavy atom. The first-order chi connectivity index (χ1) is 8.72. The number of nitrogens with zero attached hydrogens (tertiary/aromatic N) is 3. The van der Waals surface area contributed by atoms with E-state index in [9.17, 15) is 4.79 Å². The lowest BCUT2D eigenvalue weighted by Crippen LogP contribution is -2.25. The summed E-state index contributed by atoms with van der Waals surface area (Å²) in [7, 11) is 0. The normalized spacial score (nSPS) is 10.8. The molecule has 18 heavy (non-hydrogen) atoms. The summed E-state index contributed by atoms with van der Waals surface area (Å²) < 4.78 is 2.08. The summed E-state index contributed by atoms with van der Waals surface area (Å²) in [6, 6.07) is 1.92. The maximum absolute atomic E-state index is 10.9. The third-order valence-corrected chi connectivity index (χ3v) is 2.85. The number of amides is 1. The van der Waals surface area contributed by atoms with E-state index >= 15 is 0 Å². The van der Waals surface area contributed by atoms with Crippen molar-refractivity contribution in [2.24, 2.45) is 0 Å². The highest BCUT2D eigenvalue weighted by Gasteiger charge is 2.09. The van der Waals surface area contributed by atoms with Crippen molar-refractivity contribution in [3.05, 3.63) is 24.3 Å². The molecule has 5 nitrogen and oxygen atoms in total. The predicted molar refractivity (Wildman–Crippen MR) is 70.6 cm³/mol. The first kappa shape index (κ1) is 12.8. The molecular formula is C12H15ClN4O. The average Bonchev–Trinajstić information content (AvgIpc) is 2.68. The van der Waals surface area contributed by atoms with Gasteiger partial charge in [-0.05, 0) is 6.07 Å². The number of hydrogen-bond acceptors (Lipinski definition) is 3. The van der Waals surface area contributed by atoms with Gasteiger partial charge < -0.3 is 9.88 Å². The minimum Gasteiger partial charge on any atom is -0.355 e. The van der Waals surface area contributed by atoms with Crippen molar-refractivity contribution in [3.8, 4) is 0 Å². The van der Waals surface area contributed by atoms with E-state index in [1.54, 1.807) is 12.4 Å². The smallest absolute Gasteiger partial charge is 0.216 e. The van der Waals surface area contributed by atoms with E-state index < -0.39 is 0 Å². The molecule has 2 aromatic heterocycles. The molecule has 0 saturated carbocycles. The number of fused-ring (bicyclic) bond motifs is 1. The summed E-state index contributed by atoms with van der Waals surface area (Å²) in [5.74, 6) is 1.43. The van der Waals surface area contributed by atoms with Crippen LogP contribution in [0.15, 0.2) is 18.5 Å². The van der Waals surface area contributed by atoms with Gasteiger partial charge in [0, 0.05) is 38.5 Å². The zero-order valence-electron chi connectivity index (χ0n) is 10.2. The first-order valence-corrected chi connectivity index (χ1v) is 6.35. The molecular weight excluding hydrogens is 252 g/mol. The van der Waals surface area contributed by atoms with Crippen molar-refractivity contribution in [3.63, 3.8) is 0 Å². The number of alkyl halides is 1. The van der Waals surface area contributed by atoms with Gasteiger partial charge >= 0.3 is 0 Å². The standard InChI is InChI=1S/C12H15ClN4O/c1-9(18)15-6-7-17-11-3-5-14-8-10(11)16-12(17)2-4-13/h3,5,8H,2,4,6-7H2,1H3,(H,15,18). The van der Waals surface area contributed by atoms with Gasteiger partial charge in [-0.15, -0.1) is 11.6 Å². The lowest BCUT2D eigenvalue weighted by atomic mass is 10.4. The van der Waals surface area contributed by atoms with Crippen LogP contribution in [0.1, 0.15) is 12.7 Å². The van der Waals surface area contributed by atoms with Crippen LogP contribution in [0, 0.1) is 0 Å². The molecule has 0 unspecified atom stereocenters. The Bertz CT molecular complexity index is 552. The third-order valence-electron chi connectivity index (χ3n) is 2.66. The van der Waals surface area contributed by atoms with Gasteiger partial charge in [-0.25, -0.2) is 4.98 Å². The lowest BCUT2D eigenvalue weighted by molar-refractivity contribution is -0.118. The van der Waals surface area contributed by atoms with Crippen molar-refractivity contribution in [1.29, 1.82) is 0 Å². The van der Waals surface area contributed by atoms with Crippen molar-refractivity contribution in [2.45, 2.75) is 19.9 Å². The zero-order chi connectivity index (χ0) is 13.0. The highest BCUT2D eigenvalue weighted by Crippen LogP contribution is 2.15. The summed E-state index contributed by atoms with van der Waals surface area (Å²) >= 11 is 5.78. The van der Waals surface area contributed by atoms with E-state index in [1.165, 1.54) is 6.92 Å². The topological polar surface area (TPSA) is 59.8 Å². The molecule has 0 atom stereocenters. The summed E-state index contributed by atoms with van der Waals surface area (Å²) in [5, 5.41) is 2.78. The fourth-order valence-corrected chi connectivity index (χ4v) is 2.07. The number of halogens is 1. The minimum absolute atomic E-state index is 0.0278. The number of aryl methyl sites for hydroxylation is 1. The van der Waals surface area contributed by atoms with Gasteiger partial charge in [-0.1, -0.05) is 0 Å². The molecule has 2 heterocycles. The lowest BCUT2D eigenvalue weighted by Gasteiger charge is -2.08. The molecule has 6 heteroatoms. The fourth-order valence-electron chi connectivity index (χ4n) is 1.90. The van der Waals surface area contributed by atoms with Crippen LogP contribution in [0.4, 0.5) is 0 Å². The van der Waals surface area contributed by atoms with Crippen molar-refractivity contribution >= 4 is 28.5 Å². The van der Waals surface area contributed by atoms with Crippen LogP contribution in [0.3, 0.4) is 0 Å². The Hall–Kier alpha value is -1.62. The van der Waals surface area contributed by atoms with Crippen LogP contribution in [0.5, 0.6) is 0 Å². The van der Waals surface area contributed by atoms with E-state index in [0.717, 1.165) is 16.9 Å². The van der Waals surface area contributed by atoms with Gasteiger partial charge in [-0.3, -0.25) is 9.78 Å². The Kier molecular flexibility index (Phi) is 4.15. The van der Waals surface area contributed by atoms with Crippen LogP contribution in [0.2, 0.25) is 0 Å². The molecule has 0 bridgehead atoms. The molecule has 0 spiro atoms. The molecule has 2 aromatic rings. The highest BCUT2D eigenvalue weighted by molar-refractivity contribution is 6.17. The van der Waals surface area contributed by atoms with E-state index in [4.69, 9.17) is 11.6 Å². The van der Waals surface area contributed by atoms with Crippen LogP contribution in [-0.4, -0.2) is 32.9 Å². The SMILES string of the molecule is CC(=O)NCCn1c(CCCl)nc2cnccc21. The van der Waals surface area contributed by atoms with Crippen LogP contribution in [0.25, 0.3) is 11.0 Å². The maximum atomic E-state index is 10.9. The number of imidazole rings is 1. The summed E-state index contributed by atoms with van der Waals surface area (Å²) in [6.07, 6.45) is 4.18. The van der Waals surface area contributed by atoms with Crippen molar-refractivity contribution in [1.82, 2.24) is 19.9 Å². The number of carbonyl (C=O) groups is 1. The Morgan fingerprint density at radius 1 is 1.56 bits per heavy atom. The van der Waals surface area contributed by atoms with Crippen LogP contribution < -0.4 is 5.32 Å². The summed E-state index contributed by atoms with van der Waals surface area (Å²) in [5.41, 5.74) is 1.89. The molecule has 0 aliphatic carbocycles. The van der Waals surface area contributed by atoms with Crippen LogP contribution in [-0.2, 0) is 17.8 Å². The number of rotatable bonds is 5. The molecule has 0 aromatic carbocycles. The van der Waals surface area contributed by atoms with Gasteiger partial charge in [0.1, 0.15) is 11.3 Å². The van der Waals surface area contributed by atoms with Gasteiger partial charge in [0.2, 0.25) is 5.91 Å². The number of nitrogens with one attached hydrogen (secondary N) is 1. The molecule has 0 radical (unpaired) electrons. The molecule has 0 saturated heterocycles. The number of pyridine rings is 1. The quantitative estimate of drug-likeness (QED) is 0.831. The average molecular weight is 267 g/mol. The number of carbonyl (C=O) groups excluding carboxylic acids is 1. The predicted octanol–water partition coefficient (Wildman–Crippen LogP) is 1.35. The maximum Gasteiger partial charge on any atom is 0.216 e. The molecule has 1 N–H and O–H groups in total. The zero-order valence-corrected chi connectivity index (χ0v) is 10.9. The van der Waals surface area contributed by atoms with Crippen LogP contribution >= 0.6 is 11.6 Å². The molecule has 0 aliphatic heterocycles. The van der Waals surface area contributed by atoms with Gasteiger partial charge in [0.15, 0.2) is 0 Å². The minimum atomic E-state index is -0.0278. The second kappa shape index (κ2) is 5.82. The Balaban J connectivity index is 2.26. The second-order valence-electron chi connectivity index (χ2n) is 3.97. The first-order valence-electron chi connectivity index (χ1n) is 5.82. The van der Waals surface area contributed by atoms with Gasteiger partial charge in [0.05, 0.1) is 11.7 Å². The Morgan fingerprint density at radius 3 is 3.11 bits per heavy atom. The van der Waals surface area contributed by atoms with E-state index in [2.05, 4.69) is 19.9 Å². The largest absolute Gasteiger partial charge is 0.355 e. The number of aromatic nitrogens is 3. The Labute approximate surface area is 110 Å².